The maximum absolute atomic E-state index is 13.0. The van der Waals surface area contributed by atoms with E-state index in [-0.39, 0.29) is 87.8 Å². The van der Waals surface area contributed by atoms with Gasteiger partial charge in [-0.3, -0.25) is 14.1 Å². The monoisotopic (exact) mass is 582 g/mol. The first kappa shape index (κ1) is 28.5. The zero-order chi connectivity index (χ0) is 29.2. The van der Waals surface area contributed by atoms with Gasteiger partial charge >= 0.3 is 7.82 Å². The Morgan fingerprint density at radius 1 is 1.31 bits per heavy atom. The van der Waals surface area contributed by atoms with Crippen LogP contribution in [0.4, 0.5) is 11.6 Å². The Bertz CT molecular complexity index is 1580. The smallest absolute Gasteiger partial charge is 0.471 e. The minimum absolute atomic E-state index is 0. The number of methoxy groups -OCH3 is 1. The Hall–Kier alpha value is -1.98. The summed E-state index contributed by atoms with van der Waals surface area (Å²) in [5.41, 5.74) is 0.298. The molecule has 3 heterocycles. The predicted octanol–water partition coefficient (Wildman–Crippen LogP) is -0.672. The molecule has 39 heavy (non-hydrogen) atoms. The number of aryl methyl sites for hydroxylation is 1. The van der Waals surface area contributed by atoms with Gasteiger partial charge in [0.05, 0.1) is 18.9 Å². The van der Waals surface area contributed by atoms with Gasteiger partial charge in [-0.15, -0.1) is 0 Å². The third kappa shape index (κ3) is 8.50. The average Bonchev–Trinajstić information content (AvgIpc) is 3.62. The van der Waals surface area contributed by atoms with Crippen molar-refractivity contribution in [3.8, 4) is 17.0 Å². The van der Waals surface area contributed by atoms with Gasteiger partial charge in [0.25, 0.3) is 5.91 Å². The van der Waals surface area contributed by atoms with Crippen LogP contribution in [0.5, 0.6) is 5.75 Å². The van der Waals surface area contributed by atoms with Crippen molar-refractivity contribution in [2.24, 2.45) is 18.0 Å². The zero-order valence-electron chi connectivity index (χ0n) is 24.5. The maximum atomic E-state index is 13.0. The van der Waals surface area contributed by atoms with E-state index >= 15 is 0 Å². The SMILES string of the molecule is [2H]C([2H])([2H])NC(=O)c1nn(COP(=O)(O)O)c(NC(=O)C2CC2)cc1=Nc1nccc(-c2cnn(C)n2)c1OC.[Na].[Na]. The molecule has 0 aromatic carbocycles. The topological polar surface area (TPSA) is 208 Å². The fraction of sp³-hybridized carbons (Fsp3) is 0.350. The Kier molecular flexibility index (Phi) is 10.3. The molecule has 198 valence electrons. The number of ether oxygens (including phenoxy) is 1. The Morgan fingerprint density at radius 3 is 2.64 bits per heavy atom. The molecular weight excluding hydrogens is 555 g/mol. The van der Waals surface area contributed by atoms with Crippen molar-refractivity contribution in [1.29, 1.82) is 0 Å². The number of phosphoric acid groups is 1. The van der Waals surface area contributed by atoms with Crippen molar-refractivity contribution < 1.29 is 37.3 Å². The van der Waals surface area contributed by atoms with E-state index in [0.29, 0.717) is 24.1 Å². The van der Waals surface area contributed by atoms with Crippen molar-refractivity contribution in [1.82, 2.24) is 35.1 Å². The number of pyridine rings is 1. The third-order valence-corrected chi connectivity index (χ3v) is 5.53. The van der Waals surface area contributed by atoms with Crippen LogP contribution in [0, 0.1) is 5.92 Å². The van der Waals surface area contributed by atoms with Crippen LogP contribution >= 0.6 is 7.82 Å². The summed E-state index contributed by atoms with van der Waals surface area (Å²) in [7, 11) is -2.02. The van der Waals surface area contributed by atoms with Gasteiger partial charge in [-0.05, 0) is 18.9 Å². The number of anilines is 1. The largest absolute Gasteiger partial charge is 0.492 e. The first-order valence-electron chi connectivity index (χ1n) is 12.1. The van der Waals surface area contributed by atoms with Gasteiger partial charge in [-0.2, -0.15) is 20.1 Å². The van der Waals surface area contributed by atoms with Gasteiger partial charge in [-0.25, -0.2) is 19.2 Å². The number of phosphoric ester groups is 1. The number of aromatic nitrogens is 6. The second kappa shape index (κ2) is 14.1. The minimum atomic E-state index is -5.00. The fourth-order valence-electron chi connectivity index (χ4n) is 3.21. The van der Waals surface area contributed by atoms with Crippen LogP contribution in [0.1, 0.15) is 27.4 Å². The van der Waals surface area contributed by atoms with Gasteiger partial charge in [0.15, 0.2) is 24.0 Å². The van der Waals surface area contributed by atoms with Gasteiger partial charge < -0.3 is 25.2 Å². The Balaban J connectivity index is 0.00000308. The van der Waals surface area contributed by atoms with E-state index in [9.17, 15) is 14.2 Å². The molecule has 0 spiro atoms. The molecule has 1 saturated carbocycles. The number of nitrogens with one attached hydrogen (secondary N) is 2. The standard InChI is InChI=1S/C20H24N9O7P.2Na/c1-21-20(31)16-13(24-18-17(35-3)12(6-7-22-18)14-9-23-28(2)26-14)8-15(25-19(30)11-4-5-11)29(27-16)10-36-37(32,33)34;;/h6-9,11H,4-5,10H2,1-3H3,(H,21,31)(H,25,30)(H2,32,33,34);;/i1D3;;. The number of nitrogens with zero attached hydrogens (tertiary/aromatic N) is 7. The van der Waals surface area contributed by atoms with E-state index in [1.54, 1.807) is 18.4 Å². The third-order valence-electron chi connectivity index (χ3n) is 5.08. The summed E-state index contributed by atoms with van der Waals surface area (Å²) in [6.07, 6.45) is 4.17. The fourth-order valence-corrected chi connectivity index (χ4v) is 3.47. The zero-order valence-corrected chi connectivity index (χ0v) is 26.4. The maximum Gasteiger partial charge on any atom is 0.471 e. The van der Waals surface area contributed by atoms with E-state index in [1.807, 2.05) is 0 Å². The molecule has 3 aromatic rings. The van der Waals surface area contributed by atoms with Crippen LogP contribution in [0.2, 0.25) is 0 Å². The Labute approximate surface area is 270 Å². The number of rotatable bonds is 9. The van der Waals surface area contributed by atoms with E-state index in [0.717, 1.165) is 4.68 Å². The summed E-state index contributed by atoms with van der Waals surface area (Å²) in [5, 5.41) is 16.4. The molecule has 2 amide bonds. The molecule has 0 aliphatic heterocycles. The number of amides is 2. The van der Waals surface area contributed by atoms with Crippen molar-refractivity contribution >= 4 is 90.4 Å². The second-order valence-corrected chi connectivity index (χ2v) is 9.02. The molecular formula is C20H24N9Na2O7P. The van der Waals surface area contributed by atoms with Crippen LogP contribution in [-0.2, 0) is 27.7 Å². The summed E-state index contributed by atoms with van der Waals surface area (Å²) in [6.45, 7) is -3.81. The molecule has 19 heteroatoms. The summed E-state index contributed by atoms with van der Waals surface area (Å²) >= 11 is 0. The van der Waals surface area contributed by atoms with Gasteiger partial charge in [0.2, 0.25) is 5.91 Å². The van der Waals surface area contributed by atoms with Crippen LogP contribution < -0.4 is 20.7 Å². The molecule has 2 radical (unpaired) electrons. The number of carbonyl (C=O) groups excluding carboxylic acids is 2. The first-order valence-corrected chi connectivity index (χ1v) is 12.2. The van der Waals surface area contributed by atoms with Crippen molar-refractivity contribution in [3.63, 3.8) is 0 Å². The van der Waals surface area contributed by atoms with Gasteiger partial charge in [-0.1, -0.05) is 0 Å². The molecule has 16 nitrogen and oxygen atoms in total. The molecule has 1 fully saturated rings. The molecule has 1 aliphatic carbocycles. The average molecular weight is 582 g/mol. The number of hydrogen-bond acceptors (Lipinski definition) is 10. The van der Waals surface area contributed by atoms with Gasteiger partial charge in [0.1, 0.15) is 16.9 Å². The second-order valence-electron chi connectivity index (χ2n) is 7.78. The van der Waals surface area contributed by atoms with E-state index in [2.05, 4.69) is 35.1 Å². The molecule has 4 rings (SSSR count). The summed E-state index contributed by atoms with van der Waals surface area (Å²) < 4.78 is 44.3. The number of carbonyl (C=O) groups is 2. The summed E-state index contributed by atoms with van der Waals surface area (Å²) in [6, 6.07) is 2.77. The molecule has 1 aliphatic rings. The molecule has 4 N–H and O–H groups in total. The van der Waals surface area contributed by atoms with E-state index in [1.165, 1.54) is 30.4 Å². The summed E-state index contributed by atoms with van der Waals surface area (Å²) in [4.78, 5) is 53.7. The molecule has 0 atom stereocenters. The molecule has 0 bridgehead atoms. The van der Waals surface area contributed by atoms with Crippen LogP contribution in [-0.4, -0.2) is 125 Å². The van der Waals surface area contributed by atoms with E-state index < -0.39 is 39.0 Å². The van der Waals surface area contributed by atoms with Gasteiger partial charge in [0, 0.05) is 95.4 Å². The molecule has 3 aromatic heterocycles. The van der Waals surface area contributed by atoms with Crippen LogP contribution in [0.3, 0.4) is 0 Å². The van der Waals surface area contributed by atoms with Crippen molar-refractivity contribution in [2.75, 3.05) is 19.4 Å². The van der Waals surface area contributed by atoms with Crippen molar-refractivity contribution in [3.05, 3.63) is 35.6 Å². The molecule has 0 unspecified atom stereocenters. The van der Waals surface area contributed by atoms with E-state index in [4.69, 9.17) is 18.6 Å². The molecule has 0 saturated heterocycles. The predicted molar refractivity (Wildman–Crippen MR) is 138 cm³/mol. The number of hydrogen-bond donors (Lipinski definition) is 4. The van der Waals surface area contributed by atoms with Crippen molar-refractivity contribution in [2.45, 2.75) is 19.6 Å². The minimum Gasteiger partial charge on any atom is -0.492 e. The van der Waals surface area contributed by atoms with Crippen LogP contribution in [0.15, 0.2) is 29.5 Å². The quantitative estimate of drug-likeness (QED) is 0.184. The Morgan fingerprint density at radius 2 is 2.05 bits per heavy atom. The normalized spacial score (nSPS) is 14.7. The van der Waals surface area contributed by atoms with Crippen LogP contribution in [0.25, 0.3) is 11.3 Å². The summed E-state index contributed by atoms with van der Waals surface area (Å²) in [5.74, 6) is -1.95. The first-order chi connectivity index (χ1) is 18.7.